The van der Waals surface area contributed by atoms with Crippen LogP contribution in [0.5, 0.6) is 11.5 Å². The highest BCUT2D eigenvalue weighted by Crippen LogP contribution is 2.30. The number of nitrogens with zero attached hydrogens (tertiary/aromatic N) is 1. The van der Waals surface area contributed by atoms with Crippen molar-refractivity contribution in [2.24, 2.45) is 11.1 Å². The average Bonchev–Trinajstić information content (AvgIpc) is 2.94. The number of ether oxygens (including phenoxy) is 2. The summed E-state index contributed by atoms with van der Waals surface area (Å²) in [6.07, 6.45) is 0.898. The number of fused-ring (bicyclic) bond motifs is 1. The quantitative estimate of drug-likeness (QED) is 0.825. The Labute approximate surface area is 149 Å². The number of halogens is 1. The fourth-order valence-electron chi connectivity index (χ4n) is 3.08. The van der Waals surface area contributed by atoms with Crippen molar-refractivity contribution >= 4 is 18.3 Å². The smallest absolute Gasteiger partial charge is 0.234 e. The van der Waals surface area contributed by atoms with E-state index in [1.165, 1.54) is 0 Å². The summed E-state index contributed by atoms with van der Waals surface area (Å²) in [4.78, 5) is 14.3. The van der Waals surface area contributed by atoms with Gasteiger partial charge in [-0.25, -0.2) is 0 Å². The van der Waals surface area contributed by atoms with E-state index < -0.39 is 0 Å². The molecule has 0 spiro atoms. The predicted octanol–water partition coefficient (Wildman–Crippen LogP) is 1.04. The minimum Gasteiger partial charge on any atom is -0.486 e. The molecule has 1 aromatic rings. The van der Waals surface area contributed by atoms with Crippen molar-refractivity contribution in [2.45, 2.75) is 19.4 Å². The Morgan fingerprint density at radius 3 is 2.88 bits per heavy atom. The molecule has 3 rings (SSSR count). The second kappa shape index (κ2) is 8.05. The largest absolute Gasteiger partial charge is 0.486 e. The van der Waals surface area contributed by atoms with E-state index in [1.807, 2.05) is 24.3 Å². The first-order valence-electron chi connectivity index (χ1n) is 8.16. The minimum absolute atomic E-state index is 0. The van der Waals surface area contributed by atoms with E-state index in [-0.39, 0.29) is 29.8 Å². The summed E-state index contributed by atoms with van der Waals surface area (Å²) in [6, 6.07) is 7.58. The Morgan fingerprint density at radius 1 is 1.42 bits per heavy atom. The maximum absolute atomic E-state index is 12.1. The molecule has 1 aromatic carbocycles. The molecule has 24 heavy (non-hydrogen) atoms. The molecular formula is C17H26ClN3O3. The predicted molar refractivity (Wildman–Crippen MR) is 94.8 cm³/mol. The van der Waals surface area contributed by atoms with Gasteiger partial charge < -0.3 is 20.5 Å². The highest BCUT2D eigenvalue weighted by molar-refractivity contribution is 5.85. The molecule has 1 saturated heterocycles. The molecule has 0 saturated carbocycles. The van der Waals surface area contributed by atoms with Gasteiger partial charge >= 0.3 is 0 Å². The number of hydrogen-bond acceptors (Lipinski definition) is 5. The Kier molecular flexibility index (Phi) is 6.32. The van der Waals surface area contributed by atoms with E-state index in [2.05, 4.69) is 17.1 Å². The van der Waals surface area contributed by atoms with Gasteiger partial charge in [0.05, 0.1) is 13.1 Å². The van der Waals surface area contributed by atoms with Crippen LogP contribution < -0.4 is 20.5 Å². The molecule has 2 aliphatic heterocycles. The van der Waals surface area contributed by atoms with Gasteiger partial charge in [-0.3, -0.25) is 9.69 Å². The van der Waals surface area contributed by atoms with Crippen LogP contribution in [0.4, 0.5) is 0 Å². The highest BCUT2D eigenvalue weighted by Gasteiger charge is 2.33. The fraction of sp³-hybridized carbons (Fsp3) is 0.588. The van der Waals surface area contributed by atoms with Crippen LogP contribution in [0.1, 0.15) is 13.3 Å². The Hall–Kier alpha value is -1.50. The summed E-state index contributed by atoms with van der Waals surface area (Å²) < 4.78 is 11.5. The average molecular weight is 356 g/mol. The zero-order valence-electron chi connectivity index (χ0n) is 14.0. The van der Waals surface area contributed by atoms with Crippen molar-refractivity contribution in [2.75, 3.05) is 39.3 Å². The summed E-state index contributed by atoms with van der Waals surface area (Å²) >= 11 is 0. The monoisotopic (exact) mass is 355 g/mol. The third-order valence-corrected chi connectivity index (χ3v) is 4.59. The van der Waals surface area contributed by atoms with Crippen LogP contribution in [0.15, 0.2) is 24.3 Å². The standard InChI is InChI=1S/C17H25N3O3.ClH/c1-17(11-18)6-7-20(12-17)9-16(21)19-8-13-10-22-14-4-2-3-5-15(14)23-13;/h2-5,13H,6-12,18H2,1H3,(H,19,21);1H. The number of benzene rings is 1. The molecule has 1 amide bonds. The summed E-state index contributed by atoms with van der Waals surface area (Å²) in [7, 11) is 0. The third kappa shape index (κ3) is 4.53. The van der Waals surface area contributed by atoms with Crippen molar-refractivity contribution in [3.63, 3.8) is 0 Å². The maximum atomic E-state index is 12.1. The van der Waals surface area contributed by atoms with Crippen molar-refractivity contribution in [3.8, 4) is 11.5 Å². The van der Waals surface area contributed by atoms with Crippen molar-refractivity contribution < 1.29 is 14.3 Å². The molecule has 134 valence electrons. The van der Waals surface area contributed by atoms with Gasteiger partial charge in [0, 0.05) is 6.54 Å². The van der Waals surface area contributed by atoms with E-state index in [4.69, 9.17) is 15.2 Å². The van der Waals surface area contributed by atoms with Crippen LogP contribution in [-0.2, 0) is 4.79 Å². The normalized spacial score (nSPS) is 25.8. The zero-order chi connectivity index (χ0) is 16.3. The summed E-state index contributed by atoms with van der Waals surface area (Å²) in [5.74, 6) is 1.51. The molecule has 6 nitrogen and oxygen atoms in total. The number of likely N-dealkylation sites (tertiary alicyclic amines) is 1. The van der Waals surface area contributed by atoms with Gasteiger partial charge in [0.25, 0.3) is 0 Å². The molecule has 0 radical (unpaired) electrons. The summed E-state index contributed by atoms with van der Waals surface area (Å²) in [5.41, 5.74) is 5.94. The second-order valence-electron chi connectivity index (χ2n) is 6.78. The maximum Gasteiger partial charge on any atom is 0.234 e. The number of nitrogens with one attached hydrogen (secondary N) is 1. The minimum atomic E-state index is -0.151. The van der Waals surface area contributed by atoms with Gasteiger partial charge in [-0.1, -0.05) is 19.1 Å². The Bertz CT molecular complexity index is 572. The lowest BCUT2D eigenvalue weighted by molar-refractivity contribution is -0.122. The SMILES string of the molecule is CC1(CN)CCN(CC(=O)NCC2COc3ccccc3O2)C1.Cl. The molecule has 2 heterocycles. The molecular weight excluding hydrogens is 330 g/mol. The van der Waals surface area contributed by atoms with Gasteiger partial charge in [-0.15, -0.1) is 12.4 Å². The summed E-state index contributed by atoms with van der Waals surface area (Å²) in [5, 5.41) is 2.94. The molecule has 2 unspecified atom stereocenters. The van der Waals surface area contributed by atoms with Crippen molar-refractivity contribution in [1.29, 1.82) is 0 Å². The highest BCUT2D eigenvalue weighted by atomic mass is 35.5. The lowest BCUT2D eigenvalue weighted by Crippen LogP contribution is -2.44. The molecule has 2 aliphatic rings. The lowest BCUT2D eigenvalue weighted by atomic mass is 9.90. The first-order valence-corrected chi connectivity index (χ1v) is 8.16. The van der Waals surface area contributed by atoms with E-state index >= 15 is 0 Å². The van der Waals surface area contributed by atoms with Crippen LogP contribution in [0.2, 0.25) is 0 Å². The molecule has 0 aromatic heterocycles. The van der Waals surface area contributed by atoms with E-state index in [9.17, 15) is 4.79 Å². The van der Waals surface area contributed by atoms with E-state index in [0.29, 0.717) is 26.2 Å². The number of carbonyl (C=O) groups is 1. The van der Waals surface area contributed by atoms with Crippen LogP contribution in [0.3, 0.4) is 0 Å². The van der Waals surface area contributed by atoms with Gasteiger partial charge in [0.2, 0.25) is 5.91 Å². The molecule has 7 heteroatoms. The van der Waals surface area contributed by atoms with Crippen molar-refractivity contribution in [1.82, 2.24) is 10.2 Å². The fourth-order valence-corrected chi connectivity index (χ4v) is 3.08. The number of rotatable bonds is 5. The van der Waals surface area contributed by atoms with Gasteiger partial charge in [0.15, 0.2) is 11.5 Å². The number of carbonyl (C=O) groups excluding carboxylic acids is 1. The first-order chi connectivity index (χ1) is 11.1. The van der Waals surface area contributed by atoms with E-state index in [0.717, 1.165) is 31.0 Å². The number of para-hydroxylation sites is 2. The third-order valence-electron chi connectivity index (χ3n) is 4.59. The van der Waals surface area contributed by atoms with Gasteiger partial charge in [0.1, 0.15) is 12.7 Å². The lowest BCUT2D eigenvalue weighted by Gasteiger charge is -2.27. The molecule has 1 fully saturated rings. The topological polar surface area (TPSA) is 76.8 Å². The van der Waals surface area contributed by atoms with Crippen LogP contribution in [0.25, 0.3) is 0 Å². The number of nitrogens with two attached hydrogens (primary N) is 1. The molecule has 0 aliphatic carbocycles. The van der Waals surface area contributed by atoms with E-state index in [1.54, 1.807) is 0 Å². The van der Waals surface area contributed by atoms with Gasteiger partial charge in [-0.05, 0) is 37.1 Å². The Morgan fingerprint density at radius 2 is 2.17 bits per heavy atom. The number of hydrogen-bond donors (Lipinski definition) is 2. The first kappa shape index (κ1) is 18.8. The molecule has 0 bridgehead atoms. The van der Waals surface area contributed by atoms with Crippen molar-refractivity contribution in [3.05, 3.63) is 24.3 Å². The van der Waals surface area contributed by atoms with Crippen LogP contribution in [0, 0.1) is 5.41 Å². The Balaban J connectivity index is 0.00000208. The van der Waals surface area contributed by atoms with Gasteiger partial charge in [-0.2, -0.15) is 0 Å². The second-order valence-corrected chi connectivity index (χ2v) is 6.78. The van der Waals surface area contributed by atoms with Crippen LogP contribution in [-0.4, -0.2) is 56.2 Å². The van der Waals surface area contributed by atoms with Crippen LogP contribution >= 0.6 is 12.4 Å². The molecule has 2 atom stereocenters. The summed E-state index contributed by atoms with van der Waals surface area (Å²) in [6.45, 7) is 5.97. The number of amides is 1. The molecule has 3 N–H and O–H groups in total. The zero-order valence-corrected chi connectivity index (χ0v) is 14.8.